The zero-order chi connectivity index (χ0) is 44.5. The molecule has 344 valence electrons. The van der Waals surface area contributed by atoms with E-state index in [4.69, 9.17) is 4.74 Å². The van der Waals surface area contributed by atoms with E-state index < -0.39 is 18.2 Å². The number of aliphatic hydroxyl groups is 2. The number of carbonyl (C=O) groups is 2. The summed E-state index contributed by atoms with van der Waals surface area (Å²) < 4.78 is 5.83. The molecule has 0 radical (unpaired) electrons. The molecule has 0 spiro atoms. The highest BCUT2D eigenvalue weighted by atomic mass is 16.5. The zero-order valence-corrected chi connectivity index (χ0v) is 39.0. The molecule has 3 atom stereocenters. The number of unbranched alkanes of at least 4 members (excludes halogenated alkanes) is 15. The fourth-order valence-electron chi connectivity index (χ4n) is 6.50. The van der Waals surface area contributed by atoms with E-state index in [1.165, 1.54) is 64.2 Å². The maximum atomic E-state index is 13.1. The average Bonchev–Trinajstić information content (AvgIpc) is 3.25. The van der Waals surface area contributed by atoms with Crippen molar-refractivity contribution in [2.75, 3.05) is 6.61 Å². The molecule has 0 fully saturated rings. The second kappa shape index (κ2) is 47.3. The lowest BCUT2D eigenvalue weighted by Crippen LogP contribution is -2.46. The smallest absolute Gasteiger partial charge is 0.306 e. The van der Waals surface area contributed by atoms with Gasteiger partial charge in [-0.1, -0.05) is 226 Å². The Morgan fingerprint density at radius 2 is 0.984 bits per heavy atom. The van der Waals surface area contributed by atoms with Crippen LogP contribution < -0.4 is 5.32 Å². The van der Waals surface area contributed by atoms with Crippen LogP contribution in [0.1, 0.15) is 188 Å². The van der Waals surface area contributed by atoms with Crippen LogP contribution in [0.2, 0.25) is 0 Å². The summed E-state index contributed by atoms with van der Waals surface area (Å²) in [6.45, 7) is 6.24. The van der Waals surface area contributed by atoms with E-state index in [0.29, 0.717) is 19.3 Å². The summed E-state index contributed by atoms with van der Waals surface area (Å²) >= 11 is 0. The number of rotatable bonds is 41. The van der Waals surface area contributed by atoms with Crippen molar-refractivity contribution in [2.24, 2.45) is 0 Å². The molecular weight excluding hydrogens is 755 g/mol. The highest BCUT2D eigenvalue weighted by Gasteiger charge is 2.23. The Balaban J connectivity index is 4.87. The fraction of sp³-hybridized carbons (Fsp3) is 0.600. The van der Waals surface area contributed by atoms with Crippen LogP contribution >= 0.6 is 0 Å². The van der Waals surface area contributed by atoms with Crippen molar-refractivity contribution in [1.29, 1.82) is 0 Å². The van der Waals surface area contributed by atoms with Gasteiger partial charge in [-0.3, -0.25) is 9.59 Å². The van der Waals surface area contributed by atoms with Gasteiger partial charge in [-0.15, -0.1) is 0 Å². The van der Waals surface area contributed by atoms with Crippen LogP contribution in [0.5, 0.6) is 0 Å². The topological polar surface area (TPSA) is 95.9 Å². The molecule has 0 rings (SSSR count). The number of carbonyl (C=O) groups excluding carboxylic acids is 2. The molecule has 6 heteroatoms. The molecule has 0 aliphatic carbocycles. The number of ether oxygens (including phenoxy) is 1. The van der Waals surface area contributed by atoms with E-state index >= 15 is 0 Å². The second-order valence-corrected chi connectivity index (χ2v) is 15.9. The first kappa shape index (κ1) is 57.3. The largest absolute Gasteiger partial charge is 0.461 e. The van der Waals surface area contributed by atoms with Crippen LogP contribution in [0.25, 0.3) is 0 Å². The van der Waals surface area contributed by atoms with Gasteiger partial charge in [0, 0.05) is 12.8 Å². The van der Waals surface area contributed by atoms with Gasteiger partial charge in [0.1, 0.15) is 6.10 Å². The summed E-state index contributed by atoms with van der Waals surface area (Å²) in [6.07, 6.45) is 65.5. The van der Waals surface area contributed by atoms with Gasteiger partial charge in [0.15, 0.2) is 0 Å². The Labute approximate surface area is 374 Å². The molecule has 0 saturated heterocycles. The molecule has 6 nitrogen and oxygen atoms in total. The SMILES string of the molecule is CC\C=C/C=C/C=C/C=C\C=C\C=C\CCCCCC(=O)OC(C/C=C\C/C=C\C/C=C\C/C=C\CCCCC)CC(=O)NC(CO)C(O)CCCCCCCCCCCC. The first-order valence-corrected chi connectivity index (χ1v) is 24.3. The lowest BCUT2D eigenvalue weighted by Gasteiger charge is -2.24. The third-order valence-electron chi connectivity index (χ3n) is 10.2. The summed E-state index contributed by atoms with van der Waals surface area (Å²) in [7, 11) is 0. The van der Waals surface area contributed by atoms with Gasteiger partial charge in [-0.25, -0.2) is 0 Å². The summed E-state index contributed by atoms with van der Waals surface area (Å²) in [5.41, 5.74) is 0. The van der Waals surface area contributed by atoms with E-state index in [1.807, 2.05) is 72.9 Å². The maximum Gasteiger partial charge on any atom is 0.306 e. The van der Waals surface area contributed by atoms with E-state index in [2.05, 4.69) is 74.7 Å². The van der Waals surface area contributed by atoms with Crippen LogP contribution in [-0.4, -0.2) is 46.9 Å². The Bertz CT molecular complexity index is 1310. The Morgan fingerprint density at radius 1 is 0.525 bits per heavy atom. The monoisotopic (exact) mass is 844 g/mol. The van der Waals surface area contributed by atoms with Crippen LogP contribution in [0.4, 0.5) is 0 Å². The van der Waals surface area contributed by atoms with E-state index in [-0.39, 0.29) is 24.9 Å². The quantitative estimate of drug-likeness (QED) is 0.0247. The molecule has 0 aliphatic rings. The minimum Gasteiger partial charge on any atom is -0.461 e. The van der Waals surface area contributed by atoms with Crippen molar-refractivity contribution in [1.82, 2.24) is 5.32 Å². The van der Waals surface area contributed by atoms with Gasteiger partial charge in [0.05, 0.1) is 25.2 Å². The van der Waals surface area contributed by atoms with Gasteiger partial charge in [0.25, 0.3) is 0 Å². The first-order valence-electron chi connectivity index (χ1n) is 24.3. The average molecular weight is 844 g/mol. The third kappa shape index (κ3) is 42.7. The van der Waals surface area contributed by atoms with Crippen molar-refractivity contribution in [2.45, 2.75) is 206 Å². The molecule has 0 aliphatic heterocycles. The molecule has 0 bridgehead atoms. The van der Waals surface area contributed by atoms with Gasteiger partial charge < -0.3 is 20.3 Å². The van der Waals surface area contributed by atoms with Gasteiger partial charge >= 0.3 is 5.97 Å². The van der Waals surface area contributed by atoms with E-state index in [1.54, 1.807) is 0 Å². The first-order chi connectivity index (χ1) is 30.0. The Morgan fingerprint density at radius 3 is 1.56 bits per heavy atom. The summed E-state index contributed by atoms with van der Waals surface area (Å²) in [5, 5.41) is 23.6. The molecule has 0 aromatic rings. The number of aliphatic hydroxyl groups excluding tert-OH is 2. The lowest BCUT2D eigenvalue weighted by atomic mass is 10.0. The fourth-order valence-corrected chi connectivity index (χ4v) is 6.50. The predicted molar refractivity (Wildman–Crippen MR) is 263 cm³/mol. The van der Waals surface area contributed by atoms with Crippen LogP contribution in [-0.2, 0) is 14.3 Å². The molecule has 3 unspecified atom stereocenters. The Kier molecular flexibility index (Phi) is 44.4. The molecular formula is C55H89NO5. The van der Waals surface area contributed by atoms with E-state index in [9.17, 15) is 19.8 Å². The number of esters is 1. The highest BCUT2D eigenvalue weighted by Crippen LogP contribution is 2.15. The van der Waals surface area contributed by atoms with Gasteiger partial charge in [0.2, 0.25) is 5.91 Å². The molecule has 0 aromatic carbocycles. The lowest BCUT2D eigenvalue weighted by molar-refractivity contribution is -0.150. The van der Waals surface area contributed by atoms with Crippen LogP contribution in [0, 0.1) is 0 Å². The molecule has 0 heterocycles. The molecule has 0 aromatic heterocycles. The van der Waals surface area contributed by atoms with Crippen molar-refractivity contribution >= 4 is 11.9 Å². The maximum absolute atomic E-state index is 13.1. The predicted octanol–water partition coefficient (Wildman–Crippen LogP) is 14.5. The normalized spacial score (nSPS) is 14.4. The summed E-state index contributed by atoms with van der Waals surface area (Å²) in [4.78, 5) is 26.0. The number of amides is 1. The minimum absolute atomic E-state index is 0.0251. The minimum atomic E-state index is -0.826. The highest BCUT2D eigenvalue weighted by molar-refractivity contribution is 5.77. The van der Waals surface area contributed by atoms with E-state index in [0.717, 1.165) is 77.0 Å². The molecule has 61 heavy (non-hydrogen) atoms. The third-order valence-corrected chi connectivity index (χ3v) is 10.2. The summed E-state index contributed by atoms with van der Waals surface area (Å²) in [6, 6.07) is -0.747. The standard InChI is InChI=1S/C55H89NO5/c1-4-7-10-13-16-19-22-24-26-27-29-31-33-36-39-42-45-48-55(60)61-51(46-43-40-37-34-32-30-28-25-23-20-17-14-11-8-5-2)49-54(59)56-52(50-57)53(58)47-44-41-38-35-21-18-15-12-9-6-3/h7,10,13,16-17,19-20,22,24-29,31-34,40,43,51-53,57-58H,4-6,8-9,11-12,14-15,18,21,23,30,35-39,41-42,44-50H2,1-3H3,(H,56,59)/b10-7-,16-13+,20-17-,22-19+,26-24-,28-25-,29-27+,33-31+,34-32-,43-40-. The molecule has 3 N–H and O–H groups in total. The number of allylic oxidation sites excluding steroid dienone is 19. The van der Waals surface area contributed by atoms with Crippen molar-refractivity contribution in [3.63, 3.8) is 0 Å². The van der Waals surface area contributed by atoms with Gasteiger partial charge in [-0.05, 0) is 64.2 Å². The molecule has 1 amide bonds. The van der Waals surface area contributed by atoms with Crippen molar-refractivity contribution in [3.8, 4) is 0 Å². The van der Waals surface area contributed by atoms with Crippen molar-refractivity contribution < 1.29 is 24.5 Å². The van der Waals surface area contributed by atoms with Gasteiger partial charge in [-0.2, -0.15) is 0 Å². The number of hydrogen-bond acceptors (Lipinski definition) is 5. The number of nitrogens with one attached hydrogen (secondary N) is 1. The molecule has 0 saturated carbocycles. The van der Waals surface area contributed by atoms with Crippen molar-refractivity contribution in [3.05, 3.63) is 122 Å². The Hall–Kier alpha value is -3.74. The zero-order valence-electron chi connectivity index (χ0n) is 39.0. The summed E-state index contributed by atoms with van der Waals surface area (Å²) in [5.74, 6) is -0.643. The van der Waals surface area contributed by atoms with Crippen LogP contribution in [0.15, 0.2) is 122 Å². The van der Waals surface area contributed by atoms with Crippen LogP contribution in [0.3, 0.4) is 0 Å². The second-order valence-electron chi connectivity index (χ2n) is 15.9. The number of hydrogen-bond donors (Lipinski definition) is 3.